The molecule has 188 valence electrons. The lowest BCUT2D eigenvalue weighted by Gasteiger charge is -2.44. The number of hydrogen-bond acceptors (Lipinski definition) is 6. The van der Waals surface area contributed by atoms with Crippen LogP contribution in [-0.2, 0) is 14.3 Å². The molecule has 0 spiro atoms. The van der Waals surface area contributed by atoms with Crippen molar-refractivity contribution in [1.82, 2.24) is 14.7 Å². The summed E-state index contributed by atoms with van der Waals surface area (Å²) in [6.45, 7) is 3.67. The molecule has 4 atom stereocenters. The van der Waals surface area contributed by atoms with Crippen molar-refractivity contribution in [3.63, 3.8) is 0 Å². The van der Waals surface area contributed by atoms with Crippen LogP contribution >= 0.6 is 23.2 Å². The fourth-order valence-electron chi connectivity index (χ4n) is 4.78. The summed E-state index contributed by atoms with van der Waals surface area (Å²) in [7, 11) is 2.06. The zero-order valence-electron chi connectivity index (χ0n) is 19.3. The third-order valence-electron chi connectivity index (χ3n) is 6.61. The molecule has 1 aromatic rings. The van der Waals surface area contributed by atoms with E-state index in [1.54, 1.807) is 23.1 Å². The zero-order chi connectivity index (χ0) is 24.2. The third kappa shape index (κ3) is 6.53. The summed E-state index contributed by atoms with van der Waals surface area (Å²) in [5, 5.41) is 14.0. The number of aliphatic hydroxyl groups is 1. The number of anilines is 1. The minimum atomic E-state index is -0.814. The maximum absolute atomic E-state index is 13.2. The summed E-state index contributed by atoms with van der Waals surface area (Å²) < 4.78 is 11.9. The number of aliphatic hydroxyl groups excluding tert-OH is 1. The van der Waals surface area contributed by atoms with Crippen LogP contribution in [-0.4, -0.2) is 109 Å². The van der Waals surface area contributed by atoms with Gasteiger partial charge < -0.3 is 34.6 Å². The predicted octanol–water partition coefficient (Wildman–Crippen LogP) is 2.30. The van der Waals surface area contributed by atoms with E-state index >= 15 is 0 Å². The first-order valence-electron chi connectivity index (χ1n) is 11.7. The van der Waals surface area contributed by atoms with Crippen molar-refractivity contribution in [3.05, 3.63) is 28.2 Å². The zero-order valence-corrected chi connectivity index (χ0v) is 20.8. The minimum Gasteiger partial charge on any atom is -0.389 e. The van der Waals surface area contributed by atoms with Gasteiger partial charge in [0.25, 0.3) is 0 Å². The Morgan fingerprint density at radius 3 is 2.50 bits per heavy atom. The van der Waals surface area contributed by atoms with Crippen LogP contribution < -0.4 is 5.32 Å². The van der Waals surface area contributed by atoms with E-state index in [1.807, 2.05) is 4.90 Å². The Kier molecular flexibility index (Phi) is 8.55. The lowest BCUT2D eigenvalue weighted by molar-refractivity contribution is -0.155. The number of nitrogens with one attached hydrogen (secondary N) is 1. The van der Waals surface area contributed by atoms with Crippen molar-refractivity contribution >= 4 is 40.8 Å². The van der Waals surface area contributed by atoms with Crippen LogP contribution in [0.15, 0.2) is 18.2 Å². The van der Waals surface area contributed by atoms with Gasteiger partial charge in [-0.1, -0.05) is 23.2 Å². The highest BCUT2D eigenvalue weighted by molar-refractivity contribution is 6.35. The highest BCUT2D eigenvalue weighted by atomic mass is 35.5. The molecule has 0 unspecified atom stereocenters. The number of nitrogens with zero attached hydrogens (tertiary/aromatic N) is 3. The van der Waals surface area contributed by atoms with Crippen molar-refractivity contribution in [3.8, 4) is 0 Å². The minimum absolute atomic E-state index is 0.101. The number of benzene rings is 1. The smallest absolute Gasteiger partial charge is 0.322 e. The van der Waals surface area contributed by atoms with Crippen LogP contribution in [0, 0.1) is 0 Å². The Balaban J connectivity index is 1.41. The quantitative estimate of drug-likeness (QED) is 0.642. The summed E-state index contributed by atoms with van der Waals surface area (Å²) >= 11 is 12.1. The highest BCUT2D eigenvalue weighted by Gasteiger charge is 2.40. The number of amides is 3. The number of fused-ring (bicyclic) bond motifs is 1. The van der Waals surface area contributed by atoms with Crippen molar-refractivity contribution in [1.29, 1.82) is 0 Å². The van der Waals surface area contributed by atoms with Gasteiger partial charge in [-0.15, -0.1) is 0 Å². The van der Waals surface area contributed by atoms with Crippen LogP contribution in [0.2, 0.25) is 10.0 Å². The van der Waals surface area contributed by atoms with Crippen molar-refractivity contribution < 1.29 is 24.2 Å². The van der Waals surface area contributed by atoms with Gasteiger partial charge in [0.2, 0.25) is 5.91 Å². The topological polar surface area (TPSA) is 94.6 Å². The molecule has 4 rings (SSSR count). The molecule has 0 saturated carbocycles. The molecule has 1 aromatic carbocycles. The Morgan fingerprint density at radius 1 is 1.09 bits per heavy atom. The van der Waals surface area contributed by atoms with E-state index in [1.165, 1.54) is 0 Å². The molecule has 3 saturated heterocycles. The Bertz CT molecular complexity index is 863. The number of carbonyl (C=O) groups is 2. The summed E-state index contributed by atoms with van der Waals surface area (Å²) in [6.07, 6.45) is 0.182. The first-order valence-corrected chi connectivity index (χ1v) is 12.5. The van der Waals surface area contributed by atoms with Gasteiger partial charge in [0.1, 0.15) is 6.10 Å². The molecule has 3 aliphatic rings. The van der Waals surface area contributed by atoms with E-state index in [-0.39, 0.29) is 49.9 Å². The standard InChI is InChI=1S/C23H32Cl2N4O5/c1-27-4-6-28(7-5-27)22(31)11-19-2-3-20-21(34-19)14-33-13-18(30)12-29(20)23(32)26-17-9-15(24)8-16(25)10-17/h8-10,18-21,30H,2-7,11-14H2,1H3,(H,26,32)/t18-,19-,20+,21-/m1/s1. The van der Waals surface area contributed by atoms with Gasteiger partial charge >= 0.3 is 6.03 Å². The van der Waals surface area contributed by atoms with E-state index in [0.717, 1.165) is 26.2 Å². The summed E-state index contributed by atoms with van der Waals surface area (Å²) in [4.78, 5) is 31.7. The molecule has 0 aromatic heterocycles. The van der Waals surface area contributed by atoms with Crippen LogP contribution in [0.5, 0.6) is 0 Å². The van der Waals surface area contributed by atoms with E-state index in [9.17, 15) is 14.7 Å². The molecule has 0 radical (unpaired) electrons. The Morgan fingerprint density at radius 2 is 1.79 bits per heavy atom. The maximum atomic E-state index is 13.2. The van der Waals surface area contributed by atoms with Crippen molar-refractivity contribution in [2.45, 2.75) is 43.6 Å². The molecule has 3 heterocycles. The van der Waals surface area contributed by atoms with Gasteiger partial charge in [-0.3, -0.25) is 4.79 Å². The monoisotopic (exact) mass is 514 g/mol. The van der Waals surface area contributed by atoms with Gasteiger partial charge in [-0.05, 0) is 38.1 Å². The maximum Gasteiger partial charge on any atom is 0.322 e. The van der Waals surface area contributed by atoms with E-state index in [0.29, 0.717) is 35.0 Å². The van der Waals surface area contributed by atoms with Gasteiger partial charge in [0.05, 0.1) is 44.4 Å². The van der Waals surface area contributed by atoms with Crippen LogP contribution in [0.1, 0.15) is 19.3 Å². The third-order valence-corrected chi connectivity index (χ3v) is 7.05. The average Bonchev–Trinajstić information content (AvgIpc) is 2.76. The predicted molar refractivity (Wildman–Crippen MR) is 129 cm³/mol. The number of β-amino-alcohol motifs (C(OH)–C–C–N with tert-alkyl or cyclic N) is 1. The first-order chi connectivity index (χ1) is 16.3. The highest BCUT2D eigenvalue weighted by Crippen LogP contribution is 2.29. The molecule has 0 aliphatic carbocycles. The molecule has 3 fully saturated rings. The molecular formula is C23H32Cl2N4O5. The Labute approximate surface area is 209 Å². The SMILES string of the molecule is CN1CCN(C(=O)C[C@H]2CC[C@H]3[C@@H](COC[C@H](O)CN3C(=O)Nc3cc(Cl)cc(Cl)c3)O2)CC1. The van der Waals surface area contributed by atoms with E-state index in [2.05, 4.69) is 17.3 Å². The van der Waals surface area contributed by atoms with Gasteiger partial charge in [0.15, 0.2) is 0 Å². The second-order valence-corrected chi connectivity index (χ2v) is 10.1. The normalized spacial score (nSPS) is 28.6. The van der Waals surface area contributed by atoms with Crippen molar-refractivity contribution in [2.24, 2.45) is 0 Å². The Hall–Kier alpha value is -1.62. The number of likely N-dealkylation sites (N-methyl/N-ethyl adjacent to an activating group) is 1. The summed E-state index contributed by atoms with van der Waals surface area (Å²) in [6, 6.07) is 4.15. The lowest BCUT2D eigenvalue weighted by atomic mass is 9.94. The number of halogens is 2. The largest absolute Gasteiger partial charge is 0.389 e. The molecule has 2 N–H and O–H groups in total. The molecular weight excluding hydrogens is 483 g/mol. The number of piperazine rings is 1. The summed E-state index contributed by atoms with van der Waals surface area (Å²) in [5.74, 6) is 0.103. The molecule has 3 aliphatic heterocycles. The van der Waals surface area contributed by atoms with Gasteiger partial charge in [-0.25, -0.2) is 4.79 Å². The van der Waals surface area contributed by atoms with Gasteiger partial charge in [0, 0.05) is 41.9 Å². The van der Waals surface area contributed by atoms with Gasteiger partial charge in [-0.2, -0.15) is 0 Å². The van der Waals surface area contributed by atoms with E-state index in [4.69, 9.17) is 32.7 Å². The molecule has 11 heteroatoms. The second-order valence-electron chi connectivity index (χ2n) is 9.26. The molecule has 0 bridgehead atoms. The van der Waals surface area contributed by atoms with Crippen LogP contribution in [0.4, 0.5) is 10.5 Å². The lowest BCUT2D eigenvalue weighted by Crippen LogP contribution is -2.58. The van der Waals surface area contributed by atoms with Crippen LogP contribution in [0.3, 0.4) is 0 Å². The first kappa shape index (κ1) is 25.5. The average molecular weight is 515 g/mol. The fourth-order valence-corrected chi connectivity index (χ4v) is 5.30. The number of carbonyl (C=O) groups excluding carboxylic acids is 2. The van der Waals surface area contributed by atoms with Crippen LogP contribution in [0.25, 0.3) is 0 Å². The van der Waals surface area contributed by atoms with Crippen molar-refractivity contribution in [2.75, 3.05) is 58.3 Å². The molecule has 3 amide bonds. The number of urea groups is 1. The number of ether oxygens (including phenoxy) is 2. The molecule has 34 heavy (non-hydrogen) atoms. The summed E-state index contributed by atoms with van der Waals surface area (Å²) in [5.41, 5.74) is 0.472. The number of rotatable bonds is 3. The molecule has 9 nitrogen and oxygen atoms in total. The fraction of sp³-hybridized carbons (Fsp3) is 0.652. The number of hydrogen-bond donors (Lipinski definition) is 2. The second kappa shape index (κ2) is 11.4. The van der Waals surface area contributed by atoms with E-state index < -0.39 is 6.10 Å².